The molecule has 1 aromatic carbocycles. The number of aromatic nitrogens is 2. The van der Waals surface area contributed by atoms with Gasteiger partial charge in [-0.3, -0.25) is 0 Å². The molecule has 2 atom stereocenters. The van der Waals surface area contributed by atoms with Crippen molar-refractivity contribution in [3.63, 3.8) is 0 Å². The lowest BCUT2D eigenvalue weighted by atomic mass is 9.99. The second-order valence-electron chi connectivity index (χ2n) is 7.89. The Bertz CT molecular complexity index is 809. The molecule has 122 valence electrons. The predicted molar refractivity (Wildman–Crippen MR) is 94.5 cm³/mol. The maximum atomic E-state index is 4.97. The van der Waals surface area contributed by atoms with Gasteiger partial charge >= 0.3 is 0 Å². The van der Waals surface area contributed by atoms with E-state index in [1.807, 2.05) is 0 Å². The Morgan fingerprint density at radius 1 is 0.958 bits per heavy atom. The van der Waals surface area contributed by atoms with Crippen LogP contribution in [0.2, 0.25) is 0 Å². The molecule has 0 unspecified atom stereocenters. The molecule has 2 bridgehead atoms. The molecule has 4 heteroatoms. The monoisotopic (exact) mass is 318 g/mol. The third-order valence-corrected chi connectivity index (χ3v) is 5.99. The van der Waals surface area contributed by atoms with E-state index in [0.717, 1.165) is 24.0 Å². The Kier molecular flexibility index (Phi) is 2.60. The van der Waals surface area contributed by atoms with Crippen LogP contribution < -0.4 is 10.2 Å². The topological polar surface area (TPSA) is 41.0 Å². The molecule has 2 saturated carbocycles. The quantitative estimate of drug-likeness (QED) is 0.926. The zero-order chi connectivity index (χ0) is 15.7. The number of rotatable bonds is 4. The van der Waals surface area contributed by atoms with Crippen LogP contribution in [0.15, 0.2) is 30.3 Å². The van der Waals surface area contributed by atoms with E-state index in [2.05, 4.69) is 40.5 Å². The standard InChI is InChI=1S/C20H22N4/c1-2-4-16-15(3-1)13-9-17(16)24(11-13)19-10-18(21-14-7-8-14)22-20(23-19)12-5-6-12/h1-4,10,12-14,17H,5-9,11H2,(H,21,22,23)/t13-,17+/m0/s1. The van der Waals surface area contributed by atoms with E-state index >= 15 is 0 Å². The van der Waals surface area contributed by atoms with E-state index in [4.69, 9.17) is 9.97 Å². The maximum absolute atomic E-state index is 4.97. The van der Waals surface area contributed by atoms with E-state index in [0.29, 0.717) is 23.9 Å². The Morgan fingerprint density at radius 3 is 2.58 bits per heavy atom. The molecular weight excluding hydrogens is 296 g/mol. The normalized spacial score (nSPS) is 27.4. The van der Waals surface area contributed by atoms with Gasteiger partial charge in [0.25, 0.3) is 0 Å². The first kappa shape index (κ1) is 13.2. The predicted octanol–water partition coefficient (Wildman–Crippen LogP) is 3.98. The van der Waals surface area contributed by atoms with Crippen LogP contribution in [-0.4, -0.2) is 22.6 Å². The smallest absolute Gasteiger partial charge is 0.136 e. The molecule has 2 heterocycles. The van der Waals surface area contributed by atoms with Crippen molar-refractivity contribution in [2.75, 3.05) is 16.8 Å². The summed E-state index contributed by atoms with van der Waals surface area (Å²) in [7, 11) is 0. The number of nitrogens with zero attached hydrogens (tertiary/aromatic N) is 3. The molecule has 4 nitrogen and oxygen atoms in total. The Balaban J connectivity index is 1.38. The molecule has 3 aliphatic carbocycles. The van der Waals surface area contributed by atoms with E-state index in [1.165, 1.54) is 37.7 Å². The summed E-state index contributed by atoms with van der Waals surface area (Å²) in [6.07, 6.45) is 6.30. The number of fused-ring (bicyclic) bond motifs is 5. The number of hydrogen-bond acceptors (Lipinski definition) is 4. The largest absolute Gasteiger partial charge is 0.367 e. The van der Waals surface area contributed by atoms with E-state index in [1.54, 1.807) is 5.56 Å². The average molecular weight is 318 g/mol. The highest BCUT2D eigenvalue weighted by Gasteiger charge is 2.43. The van der Waals surface area contributed by atoms with Crippen molar-refractivity contribution < 1.29 is 0 Å². The zero-order valence-electron chi connectivity index (χ0n) is 13.8. The van der Waals surface area contributed by atoms with Crippen molar-refractivity contribution in [3.8, 4) is 0 Å². The van der Waals surface area contributed by atoms with Crippen molar-refractivity contribution in [3.05, 3.63) is 47.3 Å². The summed E-state index contributed by atoms with van der Waals surface area (Å²) < 4.78 is 0. The first-order valence-corrected chi connectivity index (χ1v) is 9.36. The van der Waals surface area contributed by atoms with E-state index in [9.17, 15) is 0 Å². The van der Waals surface area contributed by atoms with Crippen molar-refractivity contribution in [1.82, 2.24) is 9.97 Å². The highest BCUT2D eigenvalue weighted by Crippen LogP contribution is 2.51. The van der Waals surface area contributed by atoms with Crippen molar-refractivity contribution in [2.24, 2.45) is 0 Å². The number of hydrogen-bond donors (Lipinski definition) is 1. The van der Waals surface area contributed by atoms with Crippen LogP contribution in [0, 0.1) is 0 Å². The maximum Gasteiger partial charge on any atom is 0.136 e. The molecular formula is C20H22N4. The SMILES string of the molecule is c1ccc2c(c1)[C@H]1C[C@H]2N(c2cc(NC3CC3)nc(C3CC3)n2)C1. The average Bonchev–Trinajstić information content (AvgIpc) is 3.54. The molecule has 1 N–H and O–H groups in total. The molecule has 1 aliphatic heterocycles. The molecule has 4 aliphatic rings. The minimum atomic E-state index is 0.502. The van der Waals surface area contributed by atoms with Gasteiger partial charge < -0.3 is 10.2 Å². The summed E-state index contributed by atoms with van der Waals surface area (Å²) in [4.78, 5) is 12.3. The summed E-state index contributed by atoms with van der Waals surface area (Å²) in [6.45, 7) is 1.10. The van der Waals surface area contributed by atoms with Crippen LogP contribution in [0.25, 0.3) is 0 Å². The van der Waals surface area contributed by atoms with Gasteiger partial charge in [-0.2, -0.15) is 0 Å². The fourth-order valence-electron chi connectivity index (χ4n) is 4.43. The van der Waals surface area contributed by atoms with Gasteiger partial charge in [0.05, 0.1) is 6.04 Å². The lowest BCUT2D eigenvalue weighted by molar-refractivity contribution is 0.723. The first-order chi connectivity index (χ1) is 11.8. The second kappa shape index (κ2) is 4.71. The summed E-state index contributed by atoms with van der Waals surface area (Å²) in [5.41, 5.74) is 3.07. The summed E-state index contributed by atoms with van der Waals surface area (Å²) in [5.74, 6) is 4.51. The third kappa shape index (κ3) is 2.05. The fraction of sp³-hybridized carbons (Fsp3) is 0.500. The molecule has 1 aromatic heterocycles. The minimum Gasteiger partial charge on any atom is -0.367 e. The van der Waals surface area contributed by atoms with Crippen molar-refractivity contribution in [2.45, 2.75) is 56.0 Å². The van der Waals surface area contributed by atoms with Gasteiger partial charge in [0.15, 0.2) is 0 Å². The summed E-state index contributed by atoms with van der Waals surface area (Å²) >= 11 is 0. The van der Waals surface area contributed by atoms with Crippen LogP contribution in [0.4, 0.5) is 11.6 Å². The molecule has 2 aromatic rings. The Hall–Kier alpha value is -2.10. The lowest BCUT2D eigenvalue weighted by Crippen LogP contribution is -2.28. The summed E-state index contributed by atoms with van der Waals surface area (Å²) in [6, 6.07) is 12.3. The first-order valence-electron chi connectivity index (χ1n) is 9.36. The van der Waals surface area contributed by atoms with Gasteiger partial charge in [-0.15, -0.1) is 0 Å². The lowest BCUT2D eigenvalue weighted by Gasteiger charge is -2.30. The number of benzene rings is 1. The molecule has 0 spiro atoms. The van der Waals surface area contributed by atoms with E-state index in [-0.39, 0.29) is 0 Å². The van der Waals surface area contributed by atoms with Gasteiger partial charge in [-0.05, 0) is 43.2 Å². The van der Waals surface area contributed by atoms with Gasteiger partial charge in [0.2, 0.25) is 0 Å². The fourth-order valence-corrected chi connectivity index (χ4v) is 4.43. The number of anilines is 2. The minimum absolute atomic E-state index is 0.502. The van der Waals surface area contributed by atoms with Crippen LogP contribution >= 0.6 is 0 Å². The Morgan fingerprint density at radius 2 is 1.79 bits per heavy atom. The highest BCUT2D eigenvalue weighted by atomic mass is 15.3. The summed E-state index contributed by atoms with van der Waals surface area (Å²) in [5, 5.41) is 3.59. The molecule has 6 rings (SSSR count). The Labute approximate surface area is 142 Å². The molecule has 24 heavy (non-hydrogen) atoms. The molecule has 0 amide bonds. The van der Waals surface area contributed by atoms with Gasteiger partial charge in [-0.1, -0.05) is 24.3 Å². The van der Waals surface area contributed by atoms with Crippen LogP contribution in [-0.2, 0) is 0 Å². The van der Waals surface area contributed by atoms with Gasteiger partial charge in [-0.25, -0.2) is 9.97 Å². The van der Waals surface area contributed by atoms with Crippen LogP contribution in [0.3, 0.4) is 0 Å². The van der Waals surface area contributed by atoms with Crippen LogP contribution in [0.5, 0.6) is 0 Å². The van der Waals surface area contributed by atoms with Gasteiger partial charge in [0.1, 0.15) is 17.5 Å². The van der Waals surface area contributed by atoms with Crippen LogP contribution in [0.1, 0.15) is 66.9 Å². The zero-order valence-corrected chi connectivity index (χ0v) is 13.8. The molecule has 0 radical (unpaired) electrons. The molecule has 1 saturated heterocycles. The van der Waals surface area contributed by atoms with Crippen molar-refractivity contribution >= 4 is 11.6 Å². The molecule has 3 fully saturated rings. The van der Waals surface area contributed by atoms with E-state index < -0.39 is 0 Å². The highest BCUT2D eigenvalue weighted by molar-refractivity contribution is 5.57. The number of nitrogens with one attached hydrogen (secondary N) is 1. The second-order valence-corrected chi connectivity index (χ2v) is 7.89. The van der Waals surface area contributed by atoms with Crippen molar-refractivity contribution in [1.29, 1.82) is 0 Å². The van der Waals surface area contributed by atoms with Gasteiger partial charge in [0, 0.05) is 30.5 Å². The third-order valence-electron chi connectivity index (χ3n) is 5.99.